The van der Waals surface area contributed by atoms with Crippen LogP contribution in [-0.2, 0) is 17.9 Å². The highest BCUT2D eigenvalue weighted by atomic mass is 79.9. The Labute approximate surface area is 166 Å². The van der Waals surface area contributed by atoms with Crippen LogP contribution in [0, 0.1) is 12.7 Å². The van der Waals surface area contributed by atoms with Gasteiger partial charge in [-0.2, -0.15) is 5.10 Å². The van der Waals surface area contributed by atoms with Crippen LogP contribution in [-0.4, -0.2) is 27.6 Å². The lowest BCUT2D eigenvalue weighted by atomic mass is 10.1. The van der Waals surface area contributed by atoms with Gasteiger partial charge >= 0.3 is 0 Å². The van der Waals surface area contributed by atoms with E-state index in [2.05, 4.69) is 21.0 Å². The highest BCUT2D eigenvalue weighted by Gasteiger charge is 2.17. The SMILES string of the molecule is Cc1nn(CC(O)CCOCc2ccccc2)c(-c2ccc(F)cc2)c1Br. The first-order valence-corrected chi connectivity index (χ1v) is 9.62. The van der Waals surface area contributed by atoms with E-state index in [0.717, 1.165) is 27.0 Å². The molecule has 1 unspecified atom stereocenters. The van der Waals surface area contributed by atoms with Gasteiger partial charge in [-0.1, -0.05) is 30.3 Å². The molecule has 0 spiro atoms. The molecule has 0 aliphatic heterocycles. The molecule has 0 saturated carbocycles. The fourth-order valence-electron chi connectivity index (χ4n) is 2.85. The monoisotopic (exact) mass is 432 g/mol. The van der Waals surface area contributed by atoms with Crippen LogP contribution in [0.4, 0.5) is 4.39 Å². The highest BCUT2D eigenvalue weighted by Crippen LogP contribution is 2.31. The fraction of sp³-hybridized carbons (Fsp3) is 0.286. The van der Waals surface area contributed by atoms with Crippen molar-refractivity contribution in [3.63, 3.8) is 0 Å². The summed E-state index contributed by atoms with van der Waals surface area (Å²) in [4.78, 5) is 0. The summed E-state index contributed by atoms with van der Waals surface area (Å²) >= 11 is 3.55. The molecule has 0 bridgehead atoms. The van der Waals surface area contributed by atoms with Crippen molar-refractivity contribution >= 4 is 15.9 Å². The van der Waals surface area contributed by atoms with E-state index in [0.29, 0.717) is 26.2 Å². The first-order chi connectivity index (χ1) is 13.0. The summed E-state index contributed by atoms with van der Waals surface area (Å²) in [6.07, 6.45) is -0.0853. The van der Waals surface area contributed by atoms with Crippen LogP contribution in [0.5, 0.6) is 0 Å². The Hall–Kier alpha value is -2.02. The Morgan fingerprint density at radius 3 is 2.56 bits per heavy atom. The summed E-state index contributed by atoms with van der Waals surface area (Å²) in [6.45, 7) is 3.22. The molecule has 0 aliphatic carbocycles. The van der Waals surface area contributed by atoms with Gasteiger partial charge in [0, 0.05) is 12.2 Å². The van der Waals surface area contributed by atoms with Crippen molar-refractivity contribution in [1.82, 2.24) is 9.78 Å². The zero-order valence-corrected chi connectivity index (χ0v) is 16.7. The minimum atomic E-state index is -0.592. The van der Waals surface area contributed by atoms with Crippen molar-refractivity contribution in [2.45, 2.75) is 32.6 Å². The van der Waals surface area contributed by atoms with Crippen LogP contribution < -0.4 is 0 Å². The number of benzene rings is 2. The van der Waals surface area contributed by atoms with Crippen molar-refractivity contribution in [1.29, 1.82) is 0 Å². The van der Waals surface area contributed by atoms with Gasteiger partial charge in [0.05, 0.1) is 35.1 Å². The summed E-state index contributed by atoms with van der Waals surface area (Å²) in [5, 5.41) is 14.9. The molecule has 6 heteroatoms. The van der Waals surface area contributed by atoms with E-state index in [1.54, 1.807) is 16.8 Å². The number of aromatic nitrogens is 2. The number of aryl methyl sites for hydroxylation is 1. The number of hydrogen-bond donors (Lipinski definition) is 1. The van der Waals surface area contributed by atoms with E-state index < -0.39 is 6.10 Å². The average molecular weight is 433 g/mol. The second-order valence-electron chi connectivity index (χ2n) is 6.42. The lowest BCUT2D eigenvalue weighted by Crippen LogP contribution is -2.19. The summed E-state index contributed by atoms with van der Waals surface area (Å²) in [5.74, 6) is -0.284. The van der Waals surface area contributed by atoms with Gasteiger partial charge in [-0.3, -0.25) is 4.68 Å². The van der Waals surface area contributed by atoms with Crippen LogP contribution in [0.25, 0.3) is 11.3 Å². The molecule has 1 N–H and O–H groups in total. The Bertz CT molecular complexity index is 866. The van der Waals surface area contributed by atoms with E-state index >= 15 is 0 Å². The second-order valence-corrected chi connectivity index (χ2v) is 7.21. The Morgan fingerprint density at radius 1 is 1.15 bits per heavy atom. The van der Waals surface area contributed by atoms with Gasteiger partial charge in [-0.05, 0) is 59.1 Å². The predicted octanol–water partition coefficient (Wildman–Crippen LogP) is 4.73. The fourth-order valence-corrected chi connectivity index (χ4v) is 3.36. The number of rotatable bonds is 8. The first kappa shape index (κ1) is 19.7. The van der Waals surface area contributed by atoms with Gasteiger partial charge in [-0.15, -0.1) is 0 Å². The number of nitrogens with zero attached hydrogens (tertiary/aromatic N) is 2. The van der Waals surface area contributed by atoms with Crippen LogP contribution in [0.15, 0.2) is 59.1 Å². The average Bonchev–Trinajstić information content (AvgIpc) is 2.94. The predicted molar refractivity (Wildman–Crippen MR) is 107 cm³/mol. The van der Waals surface area contributed by atoms with Gasteiger partial charge in [-0.25, -0.2) is 4.39 Å². The molecule has 3 rings (SSSR count). The quantitative estimate of drug-likeness (QED) is 0.523. The zero-order chi connectivity index (χ0) is 19.2. The number of aliphatic hydroxyl groups excluding tert-OH is 1. The molecule has 1 heterocycles. The maximum atomic E-state index is 13.2. The molecule has 1 aromatic heterocycles. The topological polar surface area (TPSA) is 47.3 Å². The van der Waals surface area contributed by atoms with Gasteiger partial charge in [0.25, 0.3) is 0 Å². The van der Waals surface area contributed by atoms with E-state index in [1.165, 1.54) is 12.1 Å². The van der Waals surface area contributed by atoms with Gasteiger partial charge < -0.3 is 9.84 Å². The second kappa shape index (κ2) is 9.26. The minimum absolute atomic E-state index is 0.284. The Balaban J connectivity index is 1.60. The molecule has 4 nitrogen and oxygen atoms in total. The molecule has 142 valence electrons. The summed E-state index contributed by atoms with van der Waals surface area (Å²) in [6, 6.07) is 16.2. The molecule has 0 radical (unpaired) electrons. The molecule has 1 atom stereocenters. The molecular formula is C21H22BrFN2O2. The maximum absolute atomic E-state index is 13.2. The Kier molecular flexibility index (Phi) is 6.77. The van der Waals surface area contributed by atoms with Crippen LogP contribution in [0.3, 0.4) is 0 Å². The molecular weight excluding hydrogens is 411 g/mol. The molecule has 3 aromatic rings. The van der Waals surface area contributed by atoms with E-state index in [-0.39, 0.29) is 5.82 Å². The van der Waals surface area contributed by atoms with E-state index in [1.807, 2.05) is 37.3 Å². The van der Waals surface area contributed by atoms with Gasteiger partial charge in [0.1, 0.15) is 5.82 Å². The number of hydrogen-bond acceptors (Lipinski definition) is 3. The van der Waals surface area contributed by atoms with Crippen molar-refractivity contribution in [2.75, 3.05) is 6.61 Å². The standard InChI is InChI=1S/C21H22BrFN2O2/c1-15-20(22)21(17-7-9-18(23)10-8-17)25(24-15)13-19(26)11-12-27-14-16-5-3-2-4-6-16/h2-10,19,26H,11-14H2,1H3. The summed E-state index contributed by atoms with van der Waals surface area (Å²) in [5.41, 5.74) is 3.60. The number of ether oxygens (including phenoxy) is 1. The summed E-state index contributed by atoms with van der Waals surface area (Å²) < 4.78 is 21.5. The third-order valence-corrected chi connectivity index (χ3v) is 5.21. The number of aliphatic hydroxyl groups is 1. The summed E-state index contributed by atoms with van der Waals surface area (Å²) in [7, 11) is 0. The molecule has 0 aliphatic rings. The first-order valence-electron chi connectivity index (χ1n) is 8.83. The number of halogens is 2. The van der Waals surface area contributed by atoms with Crippen molar-refractivity contribution < 1.29 is 14.2 Å². The van der Waals surface area contributed by atoms with Crippen molar-refractivity contribution in [2.24, 2.45) is 0 Å². The van der Waals surface area contributed by atoms with Crippen LogP contribution >= 0.6 is 15.9 Å². The largest absolute Gasteiger partial charge is 0.391 e. The molecule has 0 saturated heterocycles. The third kappa shape index (κ3) is 5.25. The highest BCUT2D eigenvalue weighted by molar-refractivity contribution is 9.10. The smallest absolute Gasteiger partial charge is 0.123 e. The van der Waals surface area contributed by atoms with Crippen molar-refractivity contribution in [3.8, 4) is 11.3 Å². The lowest BCUT2D eigenvalue weighted by molar-refractivity contribution is 0.0650. The van der Waals surface area contributed by atoms with Crippen LogP contribution in [0.1, 0.15) is 17.7 Å². The molecule has 0 amide bonds. The van der Waals surface area contributed by atoms with E-state index in [9.17, 15) is 9.50 Å². The van der Waals surface area contributed by atoms with Gasteiger partial charge in [0.2, 0.25) is 0 Å². The molecule has 27 heavy (non-hydrogen) atoms. The normalized spacial score (nSPS) is 12.3. The van der Waals surface area contributed by atoms with E-state index in [4.69, 9.17) is 4.74 Å². The van der Waals surface area contributed by atoms with Crippen molar-refractivity contribution in [3.05, 3.63) is 76.1 Å². The molecule has 2 aromatic carbocycles. The lowest BCUT2D eigenvalue weighted by Gasteiger charge is -2.14. The zero-order valence-electron chi connectivity index (χ0n) is 15.1. The third-order valence-electron chi connectivity index (χ3n) is 4.26. The molecule has 0 fully saturated rings. The maximum Gasteiger partial charge on any atom is 0.123 e. The van der Waals surface area contributed by atoms with Crippen LogP contribution in [0.2, 0.25) is 0 Å². The Morgan fingerprint density at radius 2 is 1.85 bits per heavy atom. The minimum Gasteiger partial charge on any atom is -0.391 e. The van der Waals surface area contributed by atoms with Gasteiger partial charge in [0.15, 0.2) is 0 Å².